The number of nitrogens with zero attached hydrogens (tertiary/aromatic N) is 6. The van der Waals surface area contributed by atoms with Gasteiger partial charge in [-0.2, -0.15) is 10.5 Å². The largest absolute Gasteiger partial charge is 0.308 e. The normalized spacial score (nSPS) is 11.0. The third kappa shape index (κ3) is 6.47. The van der Waals surface area contributed by atoms with E-state index in [0.717, 1.165) is 77.6 Å². The molecule has 274 valence electrons. The molecule has 0 N–H and O–H groups in total. The topological polar surface area (TPSA) is 91.2 Å². The van der Waals surface area contributed by atoms with Crippen molar-refractivity contribution in [3.8, 4) is 85.4 Å². The summed E-state index contributed by atoms with van der Waals surface area (Å²) in [6.45, 7) is 0. The molecule has 0 aliphatic heterocycles. The smallest absolute Gasteiger partial charge is 0.164 e. The van der Waals surface area contributed by atoms with Gasteiger partial charge in [-0.05, 0) is 70.8 Å². The zero-order valence-electron chi connectivity index (χ0n) is 31.7. The minimum atomic E-state index is 0.543. The first-order valence-corrected chi connectivity index (χ1v) is 19.3. The molecular formula is C53H32N6. The predicted octanol–water partition coefficient (Wildman–Crippen LogP) is 12.7. The Labute approximate surface area is 341 Å². The van der Waals surface area contributed by atoms with E-state index in [1.54, 1.807) is 0 Å². The molecule has 0 saturated heterocycles. The molecule has 6 nitrogen and oxygen atoms in total. The van der Waals surface area contributed by atoms with Crippen molar-refractivity contribution in [2.75, 3.05) is 0 Å². The Bertz CT molecular complexity index is 3120. The highest BCUT2D eigenvalue weighted by Crippen LogP contribution is 2.44. The second kappa shape index (κ2) is 14.9. The maximum atomic E-state index is 9.94. The zero-order valence-corrected chi connectivity index (χ0v) is 31.7. The van der Waals surface area contributed by atoms with Gasteiger partial charge in [0.05, 0.1) is 40.0 Å². The van der Waals surface area contributed by atoms with Crippen LogP contribution in [0, 0.1) is 22.7 Å². The Morgan fingerprint density at radius 1 is 0.339 bits per heavy atom. The van der Waals surface area contributed by atoms with Crippen LogP contribution >= 0.6 is 0 Å². The van der Waals surface area contributed by atoms with E-state index in [1.807, 2.05) is 121 Å². The molecule has 8 aromatic carbocycles. The van der Waals surface area contributed by atoms with Crippen molar-refractivity contribution in [3.05, 3.63) is 205 Å². The molecule has 10 aromatic rings. The second-order valence-electron chi connectivity index (χ2n) is 14.3. The van der Waals surface area contributed by atoms with Gasteiger partial charge in [-0.15, -0.1) is 0 Å². The lowest BCUT2D eigenvalue weighted by Crippen LogP contribution is -2.04. The SMILES string of the molecule is N#Cc1ccc2c(c1)c1cc(C#N)ccc1n2-c1c(-c2ccccc2)cc(-c2nc(-c3ccccc3)nc(-c3ccc(-c4ccccc4)cc3)n2)cc1-c1ccccc1. The van der Waals surface area contributed by atoms with Crippen molar-refractivity contribution < 1.29 is 0 Å². The van der Waals surface area contributed by atoms with Crippen LogP contribution in [0.2, 0.25) is 0 Å². The van der Waals surface area contributed by atoms with Gasteiger partial charge in [0.1, 0.15) is 0 Å². The fourth-order valence-electron chi connectivity index (χ4n) is 7.88. The highest BCUT2D eigenvalue weighted by Gasteiger charge is 2.23. The zero-order chi connectivity index (χ0) is 39.7. The van der Waals surface area contributed by atoms with Gasteiger partial charge in [-0.3, -0.25) is 0 Å². The van der Waals surface area contributed by atoms with Gasteiger partial charge >= 0.3 is 0 Å². The highest BCUT2D eigenvalue weighted by molar-refractivity contribution is 6.11. The van der Waals surface area contributed by atoms with Crippen LogP contribution in [0.4, 0.5) is 0 Å². The lowest BCUT2D eigenvalue weighted by Gasteiger charge is -2.21. The van der Waals surface area contributed by atoms with E-state index in [4.69, 9.17) is 15.0 Å². The second-order valence-corrected chi connectivity index (χ2v) is 14.3. The van der Waals surface area contributed by atoms with Crippen LogP contribution in [0.1, 0.15) is 11.1 Å². The molecule has 0 fully saturated rings. The quantitative estimate of drug-likeness (QED) is 0.162. The number of benzene rings is 8. The molecule has 0 atom stereocenters. The van der Waals surface area contributed by atoms with Crippen LogP contribution in [0.25, 0.3) is 95.0 Å². The summed E-state index contributed by atoms with van der Waals surface area (Å²) in [4.78, 5) is 15.4. The van der Waals surface area contributed by atoms with E-state index in [2.05, 4.69) is 89.5 Å². The van der Waals surface area contributed by atoms with Crippen molar-refractivity contribution in [2.45, 2.75) is 0 Å². The minimum Gasteiger partial charge on any atom is -0.308 e. The summed E-state index contributed by atoms with van der Waals surface area (Å²) in [5.41, 5.74) is 12.7. The van der Waals surface area contributed by atoms with E-state index < -0.39 is 0 Å². The Balaban J connectivity index is 1.27. The Kier molecular flexibility index (Phi) is 8.84. The molecule has 0 aliphatic carbocycles. The average Bonchev–Trinajstić information content (AvgIpc) is 3.64. The van der Waals surface area contributed by atoms with E-state index in [1.165, 1.54) is 0 Å². The molecule has 6 heteroatoms. The molecule has 0 aliphatic rings. The summed E-state index contributed by atoms with van der Waals surface area (Å²) in [5.74, 6) is 1.69. The first kappa shape index (κ1) is 35.0. The fraction of sp³-hybridized carbons (Fsp3) is 0. The van der Waals surface area contributed by atoms with E-state index in [0.29, 0.717) is 28.6 Å². The summed E-state index contributed by atoms with van der Waals surface area (Å²) in [5, 5.41) is 21.7. The van der Waals surface area contributed by atoms with E-state index >= 15 is 0 Å². The molecule has 59 heavy (non-hydrogen) atoms. The molecule has 2 heterocycles. The van der Waals surface area contributed by atoms with E-state index in [-0.39, 0.29) is 0 Å². The molecule has 0 unspecified atom stereocenters. The van der Waals surface area contributed by atoms with Gasteiger partial charge in [0, 0.05) is 38.6 Å². The standard InChI is InChI=1S/C53H32N6/c54-33-35-21-27-48-46(29-35)47-30-36(34-55)22-28-49(47)59(48)50-44(39-15-7-2-8-16-39)31-43(32-45(50)40-17-9-3-10-18-40)53-57-51(41-19-11-4-12-20-41)56-52(58-53)42-25-23-38(24-26-42)37-13-5-1-6-14-37/h1-32H. The Morgan fingerprint density at radius 2 is 0.695 bits per heavy atom. The maximum Gasteiger partial charge on any atom is 0.164 e. The van der Waals surface area contributed by atoms with Crippen molar-refractivity contribution in [2.24, 2.45) is 0 Å². The molecule has 2 aromatic heterocycles. The number of hydrogen-bond donors (Lipinski definition) is 0. The number of nitriles is 2. The summed E-state index contributed by atoms with van der Waals surface area (Å²) in [6, 6.07) is 69.9. The van der Waals surface area contributed by atoms with Crippen LogP contribution in [0.5, 0.6) is 0 Å². The monoisotopic (exact) mass is 752 g/mol. The van der Waals surface area contributed by atoms with Gasteiger partial charge in [0.2, 0.25) is 0 Å². The van der Waals surface area contributed by atoms with Gasteiger partial charge in [-0.25, -0.2) is 15.0 Å². The van der Waals surface area contributed by atoms with Crippen LogP contribution in [-0.2, 0) is 0 Å². The molecular weight excluding hydrogens is 721 g/mol. The van der Waals surface area contributed by atoms with Crippen molar-refractivity contribution in [1.82, 2.24) is 19.5 Å². The van der Waals surface area contributed by atoms with Crippen LogP contribution in [0.3, 0.4) is 0 Å². The van der Waals surface area contributed by atoms with Gasteiger partial charge < -0.3 is 4.57 Å². The van der Waals surface area contributed by atoms with Crippen LogP contribution in [0.15, 0.2) is 194 Å². The summed E-state index contributed by atoms with van der Waals surface area (Å²) < 4.78 is 2.27. The molecule has 0 radical (unpaired) electrons. The molecule has 0 bridgehead atoms. The molecule has 0 spiro atoms. The minimum absolute atomic E-state index is 0.543. The maximum absolute atomic E-state index is 9.94. The van der Waals surface area contributed by atoms with Crippen LogP contribution < -0.4 is 0 Å². The van der Waals surface area contributed by atoms with E-state index in [9.17, 15) is 10.5 Å². The molecule has 0 amide bonds. The van der Waals surface area contributed by atoms with Gasteiger partial charge in [0.25, 0.3) is 0 Å². The van der Waals surface area contributed by atoms with Crippen molar-refractivity contribution in [3.63, 3.8) is 0 Å². The van der Waals surface area contributed by atoms with Crippen molar-refractivity contribution >= 4 is 21.8 Å². The van der Waals surface area contributed by atoms with Crippen LogP contribution in [-0.4, -0.2) is 19.5 Å². The van der Waals surface area contributed by atoms with Gasteiger partial charge in [-0.1, -0.05) is 146 Å². The number of aromatic nitrogens is 4. The third-order valence-electron chi connectivity index (χ3n) is 10.7. The Morgan fingerprint density at radius 3 is 1.14 bits per heavy atom. The fourth-order valence-corrected chi connectivity index (χ4v) is 7.88. The third-order valence-corrected chi connectivity index (χ3v) is 10.7. The molecule has 10 rings (SSSR count). The summed E-state index contributed by atoms with van der Waals surface area (Å²) in [7, 11) is 0. The van der Waals surface area contributed by atoms with Gasteiger partial charge in [0.15, 0.2) is 17.5 Å². The Hall–Kier alpha value is -8.45. The summed E-state index contributed by atoms with van der Waals surface area (Å²) in [6.07, 6.45) is 0. The summed E-state index contributed by atoms with van der Waals surface area (Å²) >= 11 is 0. The highest BCUT2D eigenvalue weighted by atomic mass is 15.0. The first-order chi connectivity index (χ1) is 29.1. The molecule has 0 saturated carbocycles. The lowest BCUT2D eigenvalue weighted by atomic mass is 9.92. The first-order valence-electron chi connectivity index (χ1n) is 19.3. The number of fused-ring (bicyclic) bond motifs is 3. The average molecular weight is 753 g/mol. The number of rotatable bonds is 7. The predicted molar refractivity (Wildman–Crippen MR) is 236 cm³/mol. The van der Waals surface area contributed by atoms with Crippen molar-refractivity contribution in [1.29, 1.82) is 10.5 Å². The lowest BCUT2D eigenvalue weighted by molar-refractivity contribution is 1.07. The number of hydrogen-bond acceptors (Lipinski definition) is 5.